The van der Waals surface area contributed by atoms with Crippen molar-refractivity contribution in [1.29, 1.82) is 0 Å². The molecule has 0 spiro atoms. The molecule has 0 saturated heterocycles. The van der Waals surface area contributed by atoms with Gasteiger partial charge < -0.3 is 10.4 Å². The number of hydrogen-bond donors (Lipinski definition) is 2. The molecule has 0 atom stereocenters. The highest BCUT2D eigenvalue weighted by atomic mass is 79.9. The number of rotatable bonds is 6. The van der Waals surface area contributed by atoms with Crippen molar-refractivity contribution in [3.8, 4) is 0 Å². The van der Waals surface area contributed by atoms with Crippen molar-refractivity contribution in [2.45, 2.75) is 6.42 Å². The zero-order chi connectivity index (χ0) is 13.7. The van der Waals surface area contributed by atoms with E-state index in [0.29, 0.717) is 4.47 Å². The van der Waals surface area contributed by atoms with E-state index in [4.69, 9.17) is 5.11 Å². The fourth-order valence-corrected chi connectivity index (χ4v) is 1.58. The van der Waals surface area contributed by atoms with Crippen molar-refractivity contribution < 1.29 is 19.6 Å². The van der Waals surface area contributed by atoms with E-state index in [1.807, 2.05) is 0 Å². The van der Waals surface area contributed by atoms with E-state index in [0.717, 1.165) is 0 Å². The maximum Gasteiger partial charge on any atom is 0.310 e. The maximum absolute atomic E-state index is 11.2. The van der Waals surface area contributed by atoms with Crippen LogP contribution in [0.5, 0.6) is 0 Å². The van der Waals surface area contributed by atoms with Crippen LogP contribution in [0.4, 0.5) is 11.4 Å². The molecule has 1 rings (SSSR count). The molecular weight excluding hydrogens is 308 g/mol. The number of aliphatic carboxylic acids is 1. The highest BCUT2D eigenvalue weighted by Crippen LogP contribution is 2.27. The zero-order valence-electron chi connectivity index (χ0n) is 9.05. The molecule has 0 aromatic heterocycles. The average molecular weight is 317 g/mol. The van der Waals surface area contributed by atoms with Crippen LogP contribution in [0.1, 0.15) is 6.42 Å². The largest absolute Gasteiger partial charge is 0.481 e. The summed E-state index contributed by atoms with van der Waals surface area (Å²) in [4.78, 5) is 31.6. The number of nitrogens with zero attached hydrogens (tertiary/aromatic N) is 1. The number of carbonyl (C=O) groups excluding carboxylic acids is 1. The Morgan fingerprint density at radius 3 is 2.67 bits per heavy atom. The summed E-state index contributed by atoms with van der Waals surface area (Å²) < 4.78 is 0.539. The summed E-state index contributed by atoms with van der Waals surface area (Å²) in [5, 5.41) is 21.7. The Labute approximate surface area is 110 Å². The van der Waals surface area contributed by atoms with Crippen LogP contribution in [0.15, 0.2) is 22.7 Å². The molecule has 0 aliphatic rings. The summed E-state index contributed by atoms with van der Waals surface area (Å²) in [6, 6.07) is 4.32. The van der Waals surface area contributed by atoms with Gasteiger partial charge in [-0.3, -0.25) is 19.7 Å². The molecule has 0 amide bonds. The van der Waals surface area contributed by atoms with Gasteiger partial charge in [-0.2, -0.15) is 0 Å². The first-order valence-corrected chi connectivity index (χ1v) is 5.60. The van der Waals surface area contributed by atoms with Gasteiger partial charge in [-0.1, -0.05) is 15.9 Å². The number of Topliss-reactive ketones (excluding diaryl/α,β-unsaturated/α-hetero) is 1. The molecule has 0 bridgehead atoms. The Balaban J connectivity index is 2.76. The van der Waals surface area contributed by atoms with E-state index in [-0.39, 0.29) is 17.9 Å². The third-order valence-electron chi connectivity index (χ3n) is 1.98. The van der Waals surface area contributed by atoms with Gasteiger partial charge in [0.25, 0.3) is 5.69 Å². The number of hydrogen-bond acceptors (Lipinski definition) is 5. The van der Waals surface area contributed by atoms with Crippen molar-refractivity contribution in [2.24, 2.45) is 0 Å². The maximum atomic E-state index is 11.2. The standard InChI is InChI=1S/C10H9BrN2O5/c11-6-1-2-8(9(3-6)13(17)18)12-5-7(14)4-10(15)16/h1-3,12H,4-5H2,(H,15,16). The zero-order valence-corrected chi connectivity index (χ0v) is 10.6. The second-order valence-corrected chi connectivity index (χ2v) is 4.30. The molecule has 0 unspecified atom stereocenters. The molecule has 1 aromatic carbocycles. The van der Waals surface area contributed by atoms with Crippen LogP contribution in [-0.2, 0) is 9.59 Å². The van der Waals surface area contributed by atoms with Crippen LogP contribution in [0, 0.1) is 10.1 Å². The van der Waals surface area contributed by atoms with E-state index >= 15 is 0 Å². The van der Waals surface area contributed by atoms with E-state index in [9.17, 15) is 19.7 Å². The predicted molar refractivity (Wildman–Crippen MR) is 66.5 cm³/mol. The molecule has 1 aromatic rings. The van der Waals surface area contributed by atoms with Gasteiger partial charge in [-0.15, -0.1) is 0 Å². The first-order valence-electron chi connectivity index (χ1n) is 4.81. The quantitative estimate of drug-likeness (QED) is 0.470. The van der Waals surface area contributed by atoms with Gasteiger partial charge in [0.1, 0.15) is 12.1 Å². The highest BCUT2D eigenvalue weighted by Gasteiger charge is 2.15. The number of ketones is 1. The van der Waals surface area contributed by atoms with E-state index in [1.165, 1.54) is 12.1 Å². The van der Waals surface area contributed by atoms with E-state index in [1.54, 1.807) is 6.07 Å². The van der Waals surface area contributed by atoms with Crippen LogP contribution in [0.2, 0.25) is 0 Å². The molecule has 0 heterocycles. The Kier molecular flexibility index (Phi) is 4.78. The molecule has 18 heavy (non-hydrogen) atoms. The Bertz CT molecular complexity index is 503. The topological polar surface area (TPSA) is 110 Å². The lowest BCUT2D eigenvalue weighted by Crippen LogP contribution is -2.17. The molecule has 7 nitrogen and oxygen atoms in total. The molecule has 96 valence electrons. The van der Waals surface area contributed by atoms with Gasteiger partial charge >= 0.3 is 5.97 Å². The molecule has 0 aliphatic heterocycles. The molecule has 0 aliphatic carbocycles. The van der Waals surface area contributed by atoms with Crippen LogP contribution >= 0.6 is 15.9 Å². The minimum absolute atomic E-state index is 0.168. The Hall–Kier alpha value is -1.96. The number of benzene rings is 1. The smallest absolute Gasteiger partial charge is 0.310 e. The van der Waals surface area contributed by atoms with Crippen molar-refractivity contribution in [2.75, 3.05) is 11.9 Å². The summed E-state index contributed by atoms with van der Waals surface area (Å²) in [6.45, 7) is -0.269. The number of carboxylic acids is 1. The first-order chi connectivity index (χ1) is 8.40. The number of anilines is 1. The van der Waals surface area contributed by atoms with Gasteiger partial charge in [-0.05, 0) is 12.1 Å². The highest BCUT2D eigenvalue weighted by molar-refractivity contribution is 9.10. The monoisotopic (exact) mass is 316 g/mol. The average Bonchev–Trinajstić information content (AvgIpc) is 2.26. The Morgan fingerprint density at radius 2 is 2.11 bits per heavy atom. The molecule has 0 saturated carbocycles. The third-order valence-corrected chi connectivity index (χ3v) is 2.47. The molecule has 2 N–H and O–H groups in total. The van der Waals surface area contributed by atoms with Gasteiger partial charge in [0.05, 0.1) is 11.5 Å². The van der Waals surface area contributed by atoms with E-state index in [2.05, 4.69) is 21.2 Å². The van der Waals surface area contributed by atoms with Crippen LogP contribution in [0.25, 0.3) is 0 Å². The Morgan fingerprint density at radius 1 is 1.44 bits per heavy atom. The van der Waals surface area contributed by atoms with Crippen molar-refractivity contribution in [3.05, 3.63) is 32.8 Å². The fraction of sp³-hybridized carbons (Fsp3) is 0.200. The number of nitro benzene ring substituents is 1. The SMILES string of the molecule is O=C(O)CC(=O)CNc1ccc(Br)cc1[N+](=O)[O-]. The van der Waals surface area contributed by atoms with Gasteiger partial charge in [0.2, 0.25) is 0 Å². The van der Waals surface area contributed by atoms with Crippen molar-refractivity contribution in [3.63, 3.8) is 0 Å². The summed E-state index contributed by atoms with van der Waals surface area (Å²) in [5.74, 6) is -1.79. The molecule has 0 radical (unpaired) electrons. The minimum Gasteiger partial charge on any atom is -0.481 e. The first kappa shape index (κ1) is 14.1. The summed E-state index contributed by atoms with van der Waals surface area (Å²) in [7, 11) is 0. The number of carboxylic acid groups (broad SMARTS) is 1. The molecule has 8 heteroatoms. The van der Waals surface area contributed by atoms with Crippen molar-refractivity contribution >= 4 is 39.1 Å². The third kappa shape index (κ3) is 4.13. The van der Waals surface area contributed by atoms with Gasteiger partial charge in [0, 0.05) is 10.5 Å². The lowest BCUT2D eigenvalue weighted by molar-refractivity contribution is -0.384. The van der Waals surface area contributed by atoms with Crippen molar-refractivity contribution in [1.82, 2.24) is 0 Å². The number of halogens is 1. The normalized spacial score (nSPS) is 9.83. The minimum atomic E-state index is -1.23. The van der Waals surface area contributed by atoms with Gasteiger partial charge in [0.15, 0.2) is 5.78 Å². The van der Waals surface area contributed by atoms with Crippen LogP contribution < -0.4 is 5.32 Å². The fourth-order valence-electron chi connectivity index (χ4n) is 1.23. The second-order valence-electron chi connectivity index (χ2n) is 3.38. The summed E-state index contributed by atoms with van der Waals surface area (Å²) >= 11 is 3.10. The number of nitrogens with one attached hydrogen (secondary N) is 1. The number of nitro groups is 1. The summed E-state index contributed by atoms with van der Waals surface area (Å²) in [6.07, 6.45) is -0.614. The van der Waals surface area contributed by atoms with E-state index < -0.39 is 23.1 Å². The predicted octanol–water partition coefficient (Wildman–Crippen LogP) is 1.81. The lowest BCUT2D eigenvalue weighted by atomic mass is 10.2. The molecule has 0 fully saturated rings. The molecular formula is C10H9BrN2O5. The second kappa shape index (κ2) is 6.10. The van der Waals surface area contributed by atoms with Crippen LogP contribution in [-0.4, -0.2) is 28.3 Å². The summed E-state index contributed by atoms with van der Waals surface area (Å²) in [5.41, 5.74) is -0.0190. The number of carbonyl (C=O) groups is 2. The lowest BCUT2D eigenvalue weighted by Gasteiger charge is -2.05. The van der Waals surface area contributed by atoms with Gasteiger partial charge in [-0.25, -0.2) is 0 Å². The van der Waals surface area contributed by atoms with Crippen LogP contribution in [0.3, 0.4) is 0 Å².